The Balaban J connectivity index is 1.93. The van der Waals surface area contributed by atoms with E-state index in [1.54, 1.807) is 31.4 Å². The van der Waals surface area contributed by atoms with E-state index < -0.39 is 5.91 Å². The molecule has 1 aromatic heterocycles. The average Bonchev–Trinajstić information content (AvgIpc) is 2.74. The summed E-state index contributed by atoms with van der Waals surface area (Å²) in [6, 6.07) is 12.5. The second kappa shape index (κ2) is 8.68. The Morgan fingerprint density at radius 3 is 2.48 bits per heavy atom. The molecule has 0 spiro atoms. The minimum atomic E-state index is -0.447. The zero-order valence-corrected chi connectivity index (χ0v) is 17.0. The molecule has 0 aliphatic heterocycles. The Kier molecular flexibility index (Phi) is 6.07. The molecule has 2 N–H and O–H groups in total. The third-order valence-corrected chi connectivity index (χ3v) is 4.78. The first kappa shape index (κ1) is 20.3. The maximum Gasteiger partial charge on any atom is 0.261 e. The zero-order valence-electron chi connectivity index (χ0n) is 17.0. The maximum atomic E-state index is 12.8. The van der Waals surface area contributed by atoms with Crippen LogP contribution in [-0.4, -0.2) is 33.2 Å². The van der Waals surface area contributed by atoms with Gasteiger partial charge in [-0.1, -0.05) is 0 Å². The van der Waals surface area contributed by atoms with Crippen LogP contribution < -0.4 is 25.2 Å². The van der Waals surface area contributed by atoms with E-state index in [1.165, 1.54) is 7.11 Å². The van der Waals surface area contributed by atoms with Gasteiger partial charge in [0.15, 0.2) is 0 Å². The minimum absolute atomic E-state index is 0.144. The summed E-state index contributed by atoms with van der Waals surface area (Å²) in [5.74, 6) is 0.633. The largest absolute Gasteiger partial charge is 0.497 e. The molecule has 0 aliphatic carbocycles. The number of carbonyl (C=O) groups is 1. The van der Waals surface area contributed by atoms with Gasteiger partial charge in [0.1, 0.15) is 22.6 Å². The smallest absolute Gasteiger partial charge is 0.261 e. The number of amides is 1. The molecule has 0 fully saturated rings. The van der Waals surface area contributed by atoms with Crippen molar-refractivity contribution in [3.8, 4) is 11.5 Å². The van der Waals surface area contributed by atoms with Crippen molar-refractivity contribution in [1.29, 1.82) is 5.41 Å². The first-order chi connectivity index (χ1) is 14.0. The summed E-state index contributed by atoms with van der Waals surface area (Å²) in [6.07, 6.45) is 0. The molecule has 3 rings (SSSR count). The lowest BCUT2D eigenvalue weighted by Crippen LogP contribution is -2.22. The molecule has 0 radical (unpaired) electrons. The van der Waals surface area contributed by atoms with E-state index >= 15 is 0 Å². The van der Waals surface area contributed by atoms with E-state index in [4.69, 9.17) is 19.3 Å². The predicted molar refractivity (Wildman–Crippen MR) is 113 cm³/mol. The van der Waals surface area contributed by atoms with E-state index in [-0.39, 0.29) is 11.1 Å². The van der Waals surface area contributed by atoms with Crippen LogP contribution in [0.2, 0.25) is 0 Å². The number of hydrogen-bond donors (Lipinski definition) is 2. The highest BCUT2D eigenvalue weighted by Gasteiger charge is 2.15. The van der Waals surface area contributed by atoms with Crippen molar-refractivity contribution in [2.75, 3.05) is 37.5 Å². The van der Waals surface area contributed by atoms with Crippen LogP contribution >= 0.6 is 0 Å². The van der Waals surface area contributed by atoms with Crippen LogP contribution in [0.1, 0.15) is 24.2 Å². The van der Waals surface area contributed by atoms with Gasteiger partial charge in [-0.25, -0.2) is 0 Å². The molecule has 29 heavy (non-hydrogen) atoms. The molecule has 0 unspecified atom stereocenters. The fourth-order valence-corrected chi connectivity index (χ4v) is 3.16. The Bertz CT molecular complexity index is 1090. The van der Waals surface area contributed by atoms with Gasteiger partial charge in [-0.15, -0.1) is 0 Å². The monoisotopic (exact) mass is 395 g/mol. The summed E-state index contributed by atoms with van der Waals surface area (Å²) in [5, 5.41) is 11.7. The van der Waals surface area contributed by atoms with Crippen LogP contribution in [0, 0.1) is 5.41 Å². The van der Waals surface area contributed by atoms with Crippen LogP contribution in [-0.2, 0) is 0 Å². The third kappa shape index (κ3) is 4.18. The zero-order chi connectivity index (χ0) is 21.0. The molecule has 0 bridgehead atoms. The fourth-order valence-electron chi connectivity index (χ4n) is 3.16. The number of ether oxygens (including phenoxy) is 2. The van der Waals surface area contributed by atoms with Gasteiger partial charge in [-0.2, -0.15) is 0 Å². The van der Waals surface area contributed by atoms with Crippen LogP contribution in [0.3, 0.4) is 0 Å². The second-order valence-electron chi connectivity index (χ2n) is 6.40. The summed E-state index contributed by atoms with van der Waals surface area (Å²) in [6.45, 7) is 5.92. The Morgan fingerprint density at radius 1 is 1.07 bits per heavy atom. The number of nitrogens with one attached hydrogen (secondary N) is 2. The minimum Gasteiger partial charge on any atom is -0.497 e. The molecule has 0 atom stereocenters. The molecule has 2 aromatic carbocycles. The Hall–Kier alpha value is -3.48. The number of rotatable bonds is 7. The van der Waals surface area contributed by atoms with Crippen LogP contribution in [0.5, 0.6) is 11.5 Å². The van der Waals surface area contributed by atoms with Crippen molar-refractivity contribution in [3.05, 3.63) is 53.6 Å². The van der Waals surface area contributed by atoms with E-state index in [0.717, 1.165) is 24.2 Å². The molecule has 0 saturated carbocycles. The van der Waals surface area contributed by atoms with Crippen molar-refractivity contribution in [2.45, 2.75) is 13.8 Å². The molecule has 1 heterocycles. The van der Waals surface area contributed by atoms with E-state index in [2.05, 4.69) is 24.1 Å². The number of hydrogen-bond acceptors (Lipinski definition) is 6. The topological polar surface area (TPSA) is 87.8 Å². The maximum absolute atomic E-state index is 12.8. The highest BCUT2D eigenvalue weighted by atomic mass is 16.5. The van der Waals surface area contributed by atoms with E-state index in [9.17, 15) is 4.79 Å². The summed E-state index contributed by atoms with van der Waals surface area (Å²) < 4.78 is 16.1. The highest BCUT2D eigenvalue weighted by molar-refractivity contribution is 6.06. The molecule has 1 amide bonds. The number of nitrogens with zero attached hydrogens (tertiary/aromatic N) is 1. The lowest BCUT2D eigenvalue weighted by Gasteiger charge is -2.21. The summed E-state index contributed by atoms with van der Waals surface area (Å²) >= 11 is 0. The number of fused-ring (bicyclic) bond motifs is 1. The molecule has 3 aromatic rings. The van der Waals surface area contributed by atoms with Crippen LogP contribution in [0.25, 0.3) is 11.0 Å². The van der Waals surface area contributed by atoms with E-state index in [0.29, 0.717) is 22.8 Å². The SMILES string of the molecule is CCN(CC)c1ccc2cc(C(=O)Nc3ccc(OC)cc3OC)c(=N)oc2c1. The highest BCUT2D eigenvalue weighted by Crippen LogP contribution is 2.29. The molecule has 152 valence electrons. The summed E-state index contributed by atoms with van der Waals surface area (Å²) in [7, 11) is 3.07. The predicted octanol–water partition coefficient (Wildman–Crippen LogP) is 4.03. The second-order valence-corrected chi connectivity index (χ2v) is 6.40. The summed E-state index contributed by atoms with van der Waals surface area (Å²) in [4.78, 5) is 15.0. The van der Waals surface area contributed by atoms with Crippen LogP contribution in [0.15, 0.2) is 46.9 Å². The fraction of sp³-hybridized carbons (Fsp3) is 0.273. The van der Waals surface area contributed by atoms with Crippen molar-refractivity contribution >= 4 is 28.3 Å². The Morgan fingerprint density at radius 2 is 1.83 bits per heavy atom. The van der Waals surface area contributed by atoms with Gasteiger partial charge in [0.05, 0.1) is 19.9 Å². The number of benzene rings is 2. The number of carbonyl (C=O) groups excluding carboxylic acids is 1. The lowest BCUT2D eigenvalue weighted by atomic mass is 10.1. The van der Waals surface area contributed by atoms with Gasteiger partial charge in [0.2, 0.25) is 5.55 Å². The van der Waals surface area contributed by atoms with Gasteiger partial charge in [0.25, 0.3) is 5.91 Å². The standard InChI is InChI=1S/C22H25N3O4/c1-5-25(6-2)15-8-7-14-11-17(21(23)29-19(14)12-15)22(26)24-18-10-9-16(27-3)13-20(18)28-4/h7-13,23H,5-6H2,1-4H3,(H,24,26). The first-order valence-electron chi connectivity index (χ1n) is 9.41. The molecular formula is C22H25N3O4. The summed E-state index contributed by atoms with van der Waals surface area (Å²) in [5.41, 5.74) is 2.02. The number of anilines is 2. The molecule has 0 saturated heterocycles. The van der Waals surface area contributed by atoms with Crippen molar-refractivity contribution in [3.63, 3.8) is 0 Å². The normalized spacial score (nSPS) is 10.6. The quantitative estimate of drug-likeness (QED) is 0.631. The van der Waals surface area contributed by atoms with Gasteiger partial charge in [-0.05, 0) is 44.2 Å². The third-order valence-electron chi connectivity index (χ3n) is 4.78. The van der Waals surface area contributed by atoms with Gasteiger partial charge in [-0.3, -0.25) is 10.2 Å². The van der Waals surface area contributed by atoms with Crippen molar-refractivity contribution < 1.29 is 18.7 Å². The van der Waals surface area contributed by atoms with Crippen molar-refractivity contribution in [2.24, 2.45) is 0 Å². The van der Waals surface area contributed by atoms with Gasteiger partial charge >= 0.3 is 0 Å². The van der Waals surface area contributed by atoms with Gasteiger partial charge < -0.3 is 24.1 Å². The van der Waals surface area contributed by atoms with Gasteiger partial charge in [0, 0.05) is 36.3 Å². The number of methoxy groups -OCH3 is 2. The average molecular weight is 395 g/mol. The van der Waals surface area contributed by atoms with Crippen molar-refractivity contribution in [1.82, 2.24) is 0 Å². The van der Waals surface area contributed by atoms with E-state index in [1.807, 2.05) is 18.2 Å². The molecular weight excluding hydrogens is 370 g/mol. The lowest BCUT2D eigenvalue weighted by molar-refractivity contribution is 0.102. The molecule has 7 nitrogen and oxygen atoms in total. The van der Waals surface area contributed by atoms with Crippen LogP contribution in [0.4, 0.5) is 11.4 Å². The molecule has 7 heteroatoms. The molecule has 0 aliphatic rings. The Labute approximate surface area is 169 Å². The first-order valence-corrected chi connectivity index (χ1v) is 9.41.